The maximum Gasteiger partial charge on any atom is 0.149 e. The third-order valence-electron chi connectivity index (χ3n) is 3.53. The highest BCUT2D eigenvalue weighted by atomic mass is 79.9. The molecule has 1 aromatic carbocycles. The van der Waals surface area contributed by atoms with Gasteiger partial charge in [0.15, 0.2) is 0 Å². The van der Waals surface area contributed by atoms with Crippen molar-refractivity contribution in [3.8, 4) is 0 Å². The third kappa shape index (κ3) is 2.56. The van der Waals surface area contributed by atoms with E-state index < -0.39 is 0 Å². The van der Waals surface area contributed by atoms with Crippen LogP contribution in [0.1, 0.15) is 43.9 Å². The molecule has 102 valence electrons. The number of halogens is 2. The normalized spacial score (nSPS) is 15.6. The van der Waals surface area contributed by atoms with Crippen molar-refractivity contribution in [2.24, 2.45) is 0 Å². The van der Waals surface area contributed by atoms with E-state index in [1.807, 2.05) is 0 Å². The molecule has 1 aliphatic carbocycles. The molecule has 0 saturated heterocycles. The fourth-order valence-corrected chi connectivity index (χ4v) is 2.99. The summed E-state index contributed by atoms with van der Waals surface area (Å²) >= 11 is 3.38. The average Bonchev–Trinajstić information content (AvgIpc) is 3.07. The second-order valence-electron chi connectivity index (χ2n) is 5.51. The lowest BCUT2D eigenvalue weighted by atomic mass is 9.99. The molecule has 19 heavy (non-hydrogen) atoms. The summed E-state index contributed by atoms with van der Waals surface area (Å²) < 4.78 is 20.2. The van der Waals surface area contributed by atoms with Gasteiger partial charge in [0.05, 0.1) is 11.0 Å². The molecular weight excluding hydrogens is 309 g/mol. The number of hydrogen-bond donors (Lipinski definition) is 1. The zero-order valence-corrected chi connectivity index (χ0v) is 12.7. The van der Waals surface area contributed by atoms with E-state index in [-0.39, 0.29) is 5.82 Å². The zero-order chi connectivity index (χ0) is 13.6. The molecule has 0 atom stereocenters. The molecule has 0 bridgehead atoms. The number of fused-ring (bicyclic) bond motifs is 1. The Morgan fingerprint density at radius 2 is 2.16 bits per heavy atom. The molecule has 1 saturated carbocycles. The van der Waals surface area contributed by atoms with Gasteiger partial charge in [0.2, 0.25) is 0 Å². The second-order valence-corrected chi connectivity index (χ2v) is 6.37. The van der Waals surface area contributed by atoms with Gasteiger partial charge in [-0.25, -0.2) is 4.39 Å². The van der Waals surface area contributed by atoms with Crippen molar-refractivity contribution in [2.45, 2.75) is 45.2 Å². The van der Waals surface area contributed by atoms with Gasteiger partial charge in [-0.15, -0.1) is 0 Å². The fraction of sp³-hybridized carbons (Fsp3) is 0.467. The van der Waals surface area contributed by atoms with Crippen LogP contribution in [0.2, 0.25) is 0 Å². The van der Waals surface area contributed by atoms with Crippen molar-refractivity contribution in [1.29, 1.82) is 0 Å². The Hall–Kier alpha value is -0.870. The first kappa shape index (κ1) is 13.1. The van der Waals surface area contributed by atoms with Crippen LogP contribution in [0.4, 0.5) is 4.39 Å². The van der Waals surface area contributed by atoms with Crippen LogP contribution < -0.4 is 5.32 Å². The number of nitrogens with one attached hydrogen (secondary N) is 1. The molecule has 3 rings (SSSR count). The second kappa shape index (κ2) is 4.91. The molecule has 0 spiro atoms. The highest BCUT2D eigenvalue weighted by Gasteiger charge is 2.24. The molecule has 2 nitrogen and oxygen atoms in total. The monoisotopic (exact) mass is 325 g/mol. The van der Waals surface area contributed by atoms with Crippen molar-refractivity contribution in [3.63, 3.8) is 0 Å². The molecule has 1 fully saturated rings. The van der Waals surface area contributed by atoms with Gasteiger partial charge in [0, 0.05) is 17.0 Å². The molecule has 0 radical (unpaired) electrons. The molecule has 1 aromatic heterocycles. The maximum absolute atomic E-state index is 13.6. The molecule has 0 unspecified atom stereocenters. The van der Waals surface area contributed by atoms with Crippen LogP contribution in [0.3, 0.4) is 0 Å². The lowest BCUT2D eigenvalue weighted by molar-refractivity contribution is 0.502. The predicted octanol–water partition coefficient (Wildman–Crippen LogP) is 4.71. The summed E-state index contributed by atoms with van der Waals surface area (Å²) in [5, 5.41) is 4.34. The van der Waals surface area contributed by atoms with Crippen molar-refractivity contribution in [1.82, 2.24) is 5.32 Å². The number of benzene rings is 1. The Kier molecular flexibility index (Phi) is 3.39. The zero-order valence-electron chi connectivity index (χ0n) is 11.1. The van der Waals surface area contributed by atoms with Crippen molar-refractivity contribution in [2.75, 3.05) is 0 Å². The van der Waals surface area contributed by atoms with Crippen LogP contribution in [0.25, 0.3) is 11.0 Å². The van der Waals surface area contributed by atoms with E-state index in [2.05, 4.69) is 35.1 Å². The van der Waals surface area contributed by atoms with Gasteiger partial charge in [0.25, 0.3) is 0 Å². The minimum Gasteiger partial charge on any atom is -0.458 e. The minimum atomic E-state index is -0.233. The standard InChI is InChI=1S/C15H17BrFNO/c1-8(2)14-11-5-9(17)6-12(16)15(11)19-13(14)7-18-10-3-4-10/h5-6,8,10,18H,3-4,7H2,1-2H3. The topological polar surface area (TPSA) is 25.2 Å². The summed E-state index contributed by atoms with van der Waals surface area (Å²) in [6.07, 6.45) is 2.49. The Labute approximate surface area is 120 Å². The van der Waals surface area contributed by atoms with E-state index in [1.165, 1.54) is 18.9 Å². The smallest absolute Gasteiger partial charge is 0.149 e. The van der Waals surface area contributed by atoms with Crippen LogP contribution in [0.5, 0.6) is 0 Å². The Bertz CT molecular complexity index is 616. The largest absolute Gasteiger partial charge is 0.458 e. The molecule has 2 aromatic rings. The van der Waals surface area contributed by atoms with Gasteiger partial charge in [-0.1, -0.05) is 13.8 Å². The first-order chi connectivity index (χ1) is 9.06. The van der Waals surface area contributed by atoms with E-state index >= 15 is 0 Å². The minimum absolute atomic E-state index is 0.233. The maximum atomic E-state index is 13.6. The van der Waals surface area contributed by atoms with Crippen LogP contribution >= 0.6 is 15.9 Å². The molecule has 1 aliphatic rings. The Morgan fingerprint density at radius 1 is 1.42 bits per heavy atom. The van der Waals surface area contributed by atoms with Crippen LogP contribution in [0.15, 0.2) is 21.0 Å². The molecule has 1 heterocycles. The third-order valence-corrected chi connectivity index (χ3v) is 4.12. The SMILES string of the molecule is CC(C)c1c(CNC2CC2)oc2c(Br)cc(F)cc12. The summed E-state index contributed by atoms with van der Waals surface area (Å²) in [6, 6.07) is 3.65. The molecule has 0 amide bonds. The van der Waals surface area contributed by atoms with Crippen LogP contribution in [0, 0.1) is 5.82 Å². The summed E-state index contributed by atoms with van der Waals surface area (Å²) in [5.41, 5.74) is 1.86. The van der Waals surface area contributed by atoms with Gasteiger partial charge in [-0.2, -0.15) is 0 Å². The number of rotatable bonds is 4. The van der Waals surface area contributed by atoms with Gasteiger partial charge >= 0.3 is 0 Å². The first-order valence-electron chi connectivity index (χ1n) is 6.70. The van der Waals surface area contributed by atoms with Crippen molar-refractivity contribution in [3.05, 3.63) is 33.7 Å². The van der Waals surface area contributed by atoms with Gasteiger partial charge < -0.3 is 9.73 Å². The summed E-state index contributed by atoms with van der Waals surface area (Å²) in [5.74, 6) is 1.01. The van der Waals surface area contributed by atoms with E-state index in [4.69, 9.17) is 4.42 Å². The van der Waals surface area contributed by atoms with E-state index in [0.717, 1.165) is 28.8 Å². The molecule has 1 N–H and O–H groups in total. The summed E-state index contributed by atoms with van der Waals surface area (Å²) in [7, 11) is 0. The van der Waals surface area contributed by atoms with E-state index in [1.54, 1.807) is 6.07 Å². The molecule has 4 heteroatoms. The fourth-order valence-electron chi connectivity index (χ4n) is 2.48. The number of furan rings is 1. The van der Waals surface area contributed by atoms with E-state index in [9.17, 15) is 4.39 Å². The highest BCUT2D eigenvalue weighted by Crippen LogP contribution is 2.36. The summed E-state index contributed by atoms with van der Waals surface area (Å²) in [6.45, 7) is 4.95. The Morgan fingerprint density at radius 3 is 2.79 bits per heavy atom. The predicted molar refractivity (Wildman–Crippen MR) is 77.8 cm³/mol. The van der Waals surface area contributed by atoms with Gasteiger partial charge in [0.1, 0.15) is 17.2 Å². The molecular formula is C15H17BrFNO. The van der Waals surface area contributed by atoms with Gasteiger partial charge in [-0.3, -0.25) is 0 Å². The van der Waals surface area contributed by atoms with Crippen molar-refractivity contribution < 1.29 is 8.81 Å². The van der Waals surface area contributed by atoms with Crippen LogP contribution in [-0.4, -0.2) is 6.04 Å². The van der Waals surface area contributed by atoms with Gasteiger partial charge in [-0.05, 0) is 46.8 Å². The lowest BCUT2D eigenvalue weighted by Crippen LogP contribution is -2.15. The lowest BCUT2D eigenvalue weighted by Gasteiger charge is -2.07. The summed E-state index contributed by atoms with van der Waals surface area (Å²) in [4.78, 5) is 0. The van der Waals surface area contributed by atoms with Crippen LogP contribution in [-0.2, 0) is 6.54 Å². The van der Waals surface area contributed by atoms with Crippen molar-refractivity contribution >= 4 is 26.9 Å². The number of hydrogen-bond acceptors (Lipinski definition) is 2. The quantitative estimate of drug-likeness (QED) is 0.880. The first-order valence-corrected chi connectivity index (χ1v) is 7.49. The van der Waals surface area contributed by atoms with E-state index in [0.29, 0.717) is 16.4 Å². The average molecular weight is 326 g/mol. The highest BCUT2D eigenvalue weighted by molar-refractivity contribution is 9.10. The molecule has 0 aliphatic heterocycles. The Balaban J connectivity index is 2.08.